The maximum absolute atomic E-state index is 13.7. The highest BCUT2D eigenvalue weighted by Gasteiger charge is 2.16. The van der Waals surface area contributed by atoms with Crippen LogP contribution in [-0.4, -0.2) is 22.0 Å². The molecule has 0 aliphatic rings. The first-order valence-electron chi connectivity index (χ1n) is 9.19. The average molecular weight is 441 g/mol. The summed E-state index contributed by atoms with van der Waals surface area (Å²) in [5, 5.41) is 2.92. The number of nitrogens with one attached hydrogen (secondary N) is 1. The van der Waals surface area contributed by atoms with Crippen molar-refractivity contribution in [2.24, 2.45) is 5.73 Å². The number of carbonyl (C=O) groups is 1. The van der Waals surface area contributed by atoms with Gasteiger partial charge in [-0.15, -0.1) is 24.8 Å². The van der Waals surface area contributed by atoms with Gasteiger partial charge in [0.15, 0.2) is 0 Å². The number of nitrogens with two attached hydrogens (primary N) is 1. The first-order chi connectivity index (χ1) is 12.9. The Balaban J connectivity index is 0.00000210. The SMILES string of the molecule is Cc1cc(-c2nc3ccc(F)cc3n2C(C)C)ccc1NC(=O)CCCN.Cl.Cl. The Morgan fingerprint density at radius 1 is 1.21 bits per heavy atom. The Kier molecular flexibility index (Phi) is 9.08. The lowest BCUT2D eigenvalue weighted by Crippen LogP contribution is -2.14. The summed E-state index contributed by atoms with van der Waals surface area (Å²) >= 11 is 0. The first kappa shape index (κ1) is 24.9. The van der Waals surface area contributed by atoms with Gasteiger partial charge >= 0.3 is 0 Å². The minimum Gasteiger partial charge on any atom is -0.330 e. The summed E-state index contributed by atoms with van der Waals surface area (Å²) in [6, 6.07) is 10.6. The number of aromatic nitrogens is 2. The second kappa shape index (κ2) is 10.6. The Morgan fingerprint density at radius 3 is 2.55 bits per heavy atom. The molecule has 0 saturated carbocycles. The number of benzene rings is 2. The van der Waals surface area contributed by atoms with E-state index in [0.717, 1.165) is 33.7 Å². The number of nitrogens with zero attached hydrogens (tertiary/aromatic N) is 2. The zero-order valence-electron chi connectivity index (χ0n) is 16.7. The normalized spacial score (nSPS) is 10.6. The summed E-state index contributed by atoms with van der Waals surface area (Å²) in [7, 11) is 0. The van der Waals surface area contributed by atoms with Crippen LogP contribution >= 0.6 is 24.8 Å². The summed E-state index contributed by atoms with van der Waals surface area (Å²) in [4.78, 5) is 16.7. The number of rotatable bonds is 6. The van der Waals surface area contributed by atoms with Gasteiger partial charge in [0.2, 0.25) is 5.91 Å². The van der Waals surface area contributed by atoms with Crippen LogP contribution in [0.4, 0.5) is 10.1 Å². The van der Waals surface area contributed by atoms with Gasteiger partial charge in [-0.3, -0.25) is 4.79 Å². The van der Waals surface area contributed by atoms with Gasteiger partial charge in [0.25, 0.3) is 0 Å². The molecule has 3 N–H and O–H groups in total. The van der Waals surface area contributed by atoms with Crippen LogP contribution in [0.15, 0.2) is 36.4 Å². The number of halogens is 3. The summed E-state index contributed by atoms with van der Waals surface area (Å²) in [6.45, 7) is 6.55. The second-order valence-corrected chi connectivity index (χ2v) is 7.00. The van der Waals surface area contributed by atoms with Gasteiger partial charge in [0, 0.05) is 23.7 Å². The predicted molar refractivity (Wildman–Crippen MR) is 122 cm³/mol. The molecule has 0 aliphatic heterocycles. The van der Waals surface area contributed by atoms with Crippen molar-refractivity contribution in [1.82, 2.24) is 9.55 Å². The van der Waals surface area contributed by atoms with Crippen molar-refractivity contribution < 1.29 is 9.18 Å². The Hall–Kier alpha value is -2.15. The van der Waals surface area contributed by atoms with Gasteiger partial charge in [-0.2, -0.15) is 0 Å². The standard InChI is InChI=1S/C21H25FN4O.2ClH/c1-13(2)26-19-12-16(22)7-9-18(19)25-21(26)15-6-8-17(14(3)11-15)24-20(27)5-4-10-23;;/h6-9,11-13H,4-5,10,23H2,1-3H3,(H,24,27);2*1H. The lowest BCUT2D eigenvalue weighted by Gasteiger charge is -2.15. The van der Waals surface area contributed by atoms with Crippen LogP contribution in [0.3, 0.4) is 0 Å². The molecule has 5 nitrogen and oxygen atoms in total. The summed E-state index contributed by atoms with van der Waals surface area (Å²) < 4.78 is 15.8. The quantitative estimate of drug-likeness (QED) is 0.549. The van der Waals surface area contributed by atoms with Crippen molar-refractivity contribution in [2.75, 3.05) is 11.9 Å². The Morgan fingerprint density at radius 2 is 1.93 bits per heavy atom. The average Bonchev–Trinajstić information content (AvgIpc) is 3.00. The zero-order valence-corrected chi connectivity index (χ0v) is 18.4. The van der Waals surface area contributed by atoms with Crippen LogP contribution in [0.2, 0.25) is 0 Å². The Labute approximate surface area is 182 Å². The molecule has 0 spiro atoms. The number of aryl methyl sites for hydroxylation is 1. The molecule has 1 amide bonds. The van der Waals surface area contributed by atoms with Crippen molar-refractivity contribution in [1.29, 1.82) is 0 Å². The van der Waals surface area contributed by atoms with Crippen LogP contribution < -0.4 is 11.1 Å². The molecule has 0 bridgehead atoms. The predicted octanol–water partition coefficient (Wildman–Crippen LogP) is 5.25. The fraction of sp³-hybridized carbons (Fsp3) is 0.333. The van der Waals surface area contributed by atoms with Gasteiger partial charge in [0.05, 0.1) is 11.0 Å². The smallest absolute Gasteiger partial charge is 0.224 e. The number of imidazole rings is 1. The largest absolute Gasteiger partial charge is 0.330 e. The van der Waals surface area contributed by atoms with Gasteiger partial charge < -0.3 is 15.6 Å². The Bertz CT molecular complexity index is 988. The molecule has 0 saturated heterocycles. The lowest BCUT2D eigenvalue weighted by molar-refractivity contribution is -0.116. The van der Waals surface area contributed by atoms with Crippen LogP contribution in [0.25, 0.3) is 22.4 Å². The number of carbonyl (C=O) groups excluding carboxylic acids is 1. The monoisotopic (exact) mass is 440 g/mol. The van der Waals surface area contributed by atoms with E-state index in [4.69, 9.17) is 10.7 Å². The maximum Gasteiger partial charge on any atom is 0.224 e. The molecule has 0 unspecified atom stereocenters. The van der Waals surface area contributed by atoms with E-state index < -0.39 is 0 Å². The molecule has 29 heavy (non-hydrogen) atoms. The van der Waals surface area contributed by atoms with E-state index >= 15 is 0 Å². The van der Waals surface area contributed by atoms with E-state index in [9.17, 15) is 9.18 Å². The molecular weight excluding hydrogens is 414 g/mol. The van der Waals surface area contributed by atoms with Gasteiger partial charge in [-0.1, -0.05) is 0 Å². The summed E-state index contributed by atoms with van der Waals surface area (Å²) in [6.07, 6.45) is 1.07. The molecular formula is C21H27Cl2FN4O. The number of hydrogen-bond acceptors (Lipinski definition) is 3. The molecule has 1 aromatic heterocycles. The maximum atomic E-state index is 13.7. The fourth-order valence-corrected chi connectivity index (χ4v) is 3.21. The number of anilines is 1. The van der Waals surface area contributed by atoms with E-state index in [1.54, 1.807) is 6.07 Å². The van der Waals surface area contributed by atoms with Crippen LogP contribution in [0, 0.1) is 12.7 Å². The molecule has 2 aromatic carbocycles. The molecule has 8 heteroatoms. The third-order valence-corrected chi connectivity index (χ3v) is 4.53. The molecule has 0 atom stereocenters. The highest BCUT2D eigenvalue weighted by atomic mass is 35.5. The molecule has 1 heterocycles. The topological polar surface area (TPSA) is 72.9 Å². The van der Waals surface area contributed by atoms with Crippen LogP contribution in [0.5, 0.6) is 0 Å². The second-order valence-electron chi connectivity index (χ2n) is 7.00. The molecule has 0 aliphatic carbocycles. The van der Waals surface area contributed by atoms with Crippen LogP contribution in [-0.2, 0) is 4.79 Å². The highest BCUT2D eigenvalue weighted by molar-refractivity contribution is 5.92. The van der Waals surface area contributed by atoms with Crippen molar-refractivity contribution in [2.45, 2.75) is 39.7 Å². The van der Waals surface area contributed by atoms with E-state index in [1.807, 2.05) is 29.7 Å². The molecule has 158 valence electrons. The van der Waals surface area contributed by atoms with Crippen molar-refractivity contribution >= 4 is 47.4 Å². The van der Waals surface area contributed by atoms with E-state index in [-0.39, 0.29) is 42.6 Å². The van der Waals surface area contributed by atoms with Gasteiger partial charge in [0.1, 0.15) is 11.6 Å². The highest BCUT2D eigenvalue weighted by Crippen LogP contribution is 2.31. The van der Waals surface area contributed by atoms with E-state index in [0.29, 0.717) is 19.4 Å². The van der Waals surface area contributed by atoms with Gasteiger partial charge in [-0.05, 0) is 75.7 Å². The third kappa shape index (κ3) is 5.47. The summed E-state index contributed by atoms with van der Waals surface area (Å²) in [5.41, 5.74) is 9.64. The minimum atomic E-state index is -0.275. The zero-order chi connectivity index (χ0) is 19.6. The van der Waals surface area contributed by atoms with E-state index in [2.05, 4.69) is 19.2 Å². The molecule has 0 radical (unpaired) electrons. The first-order valence-corrected chi connectivity index (χ1v) is 9.19. The minimum absolute atomic E-state index is 0. The summed E-state index contributed by atoms with van der Waals surface area (Å²) in [5.74, 6) is 0.471. The number of amides is 1. The van der Waals surface area contributed by atoms with Gasteiger partial charge in [-0.25, -0.2) is 9.37 Å². The number of fused-ring (bicyclic) bond motifs is 1. The lowest BCUT2D eigenvalue weighted by atomic mass is 10.1. The molecule has 0 fully saturated rings. The van der Waals surface area contributed by atoms with Crippen molar-refractivity contribution in [3.05, 3.63) is 47.8 Å². The molecule has 3 aromatic rings. The third-order valence-electron chi connectivity index (χ3n) is 4.53. The molecule has 3 rings (SSSR count). The van der Waals surface area contributed by atoms with Crippen molar-refractivity contribution in [3.8, 4) is 11.4 Å². The van der Waals surface area contributed by atoms with Crippen molar-refractivity contribution in [3.63, 3.8) is 0 Å². The van der Waals surface area contributed by atoms with E-state index in [1.165, 1.54) is 12.1 Å². The fourth-order valence-electron chi connectivity index (χ4n) is 3.21. The van der Waals surface area contributed by atoms with Crippen LogP contribution in [0.1, 0.15) is 38.3 Å². The number of hydrogen-bond donors (Lipinski definition) is 2.